The second-order valence-corrected chi connectivity index (χ2v) is 6.80. The van der Waals surface area contributed by atoms with Crippen molar-refractivity contribution in [3.05, 3.63) is 17.0 Å². The van der Waals surface area contributed by atoms with Gasteiger partial charge in [-0.2, -0.15) is 0 Å². The fourth-order valence-corrected chi connectivity index (χ4v) is 3.84. The zero-order valence-electron chi connectivity index (χ0n) is 9.51. The average molecular weight is 263 g/mol. The molecule has 1 N–H and O–H groups in total. The molecule has 0 saturated heterocycles. The first kappa shape index (κ1) is 13.6. The SMILES string of the molecule is CCCCN(C)S(=O)(=O)c1cc(CO)cs1. The topological polar surface area (TPSA) is 57.6 Å². The highest BCUT2D eigenvalue weighted by molar-refractivity contribution is 7.91. The van der Waals surface area contributed by atoms with Crippen molar-refractivity contribution in [2.24, 2.45) is 0 Å². The number of thiophene rings is 1. The maximum absolute atomic E-state index is 12.0. The molecule has 92 valence electrons. The highest BCUT2D eigenvalue weighted by Gasteiger charge is 2.21. The Morgan fingerprint density at radius 3 is 2.69 bits per heavy atom. The quantitative estimate of drug-likeness (QED) is 0.849. The Balaban J connectivity index is 2.84. The van der Waals surface area contributed by atoms with Gasteiger partial charge >= 0.3 is 0 Å². The molecule has 0 aliphatic rings. The van der Waals surface area contributed by atoms with Crippen LogP contribution in [-0.4, -0.2) is 31.4 Å². The maximum atomic E-state index is 12.0. The zero-order chi connectivity index (χ0) is 12.2. The fraction of sp³-hybridized carbons (Fsp3) is 0.600. The molecule has 0 atom stereocenters. The van der Waals surface area contributed by atoms with Gasteiger partial charge in [0.2, 0.25) is 0 Å². The number of sulfonamides is 1. The smallest absolute Gasteiger partial charge is 0.252 e. The molecule has 0 unspecified atom stereocenters. The van der Waals surface area contributed by atoms with Crippen molar-refractivity contribution in [3.8, 4) is 0 Å². The highest BCUT2D eigenvalue weighted by Crippen LogP contribution is 2.23. The molecule has 1 aromatic rings. The molecule has 0 saturated carbocycles. The van der Waals surface area contributed by atoms with Crippen LogP contribution in [0.3, 0.4) is 0 Å². The van der Waals surface area contributed by atoms with E-state index in [1.165, 1.54) is 10.4 Å². The van der Waals surface area contributed by atoms with Crippen molar-refractivity contribution >= 4 is 21.4 Å². The summed E-state index contributed by atoms with van der Waals surface area (Å²) < 4.78 is 25.7. The zero-order valence-corrected chi connectivity index (χ0v) is 11.1. The van der Waals surface area contributed by atoms with E-state index in [1.807, 2.05) is 6.92 Å². The van der Waals surface area contributed by atoms with Crippen LogP contribution in [0.1, 0.15) is 25.3 Å². The van der Waals surface area contributed by atoms with Crippen molar-refractivity contribution < 1.29 is 13.5 Å². The first-order valence-corrected chi connectivity index (χ1v) is 7.49. The standard InChI is InChI=1S/C10H17NO3S2/c1-3-4-5-11(2)16(13,14)10-6-9(7-12)8-15-10/h6,8,12H,3-5,7H2,1-2H3. The van der Waals surface area contributed by atoms with E-state index >= 15 is 0 Å². The van der Waals surface area contributed by atoms with Crippen LogP contribution >= 0.6 is 11.3 Å². The summed E-state index contributed by atoms with van der Waals surface area (Å²) in [5.41, 5.74) is 0.646. The summed E-state index contributed by atoms with van der Waals surface area (Å²) in [7, 11) is -1.77. The Morgan fingerprint density at radius 2 is 2.19 bits per heavy atom. The summed E-state index contributed by atoms with van der Waals surface area (Å²) in [4.78, 5) is 0. The molecule has 4 nitrogen and oxygen atoms in total. The molecule has 0 aliphatic heterocycles. The normalized spacial score (nSPS) is 12.2. The monoisotopic (exact) mass is 263 g/mol. The summed E-state index contributed by atoms with van der Waals surface area (Å²) in [6.45, 7) is 2.44. The van der Waals surface area contributed by atoms with Crippen LogP contribution in [-0.2, 0) is 16.6 Å². The van der Waals surface area contributed by atoms with Crippen molar-refractivity contribution in [3.63, 3.8) is 0 Å². The molecule has 1 aromatic heterocycles. The lowest BCUT2D eigenvalue weighted by molar-refractivity contribution is 0.282. The number of hydrogen-bond acceptors (Lipinski definition) is 4. The van der Waals surface area contributed by atoms with Crippen LogP contribution in [0.4, 0.5) is 0 Å². The molecule has 0 aliphatic carbocycles. The van der Waals surface area contributed by atoms with E-state index in [9.17, 15) is 8.42 Å². The average Bonchev–Trinajstić information content (AvgIpc) is 2.74. The van der Waals surface area contributed by atoms with Gasteiger partial charge in [0, 0.05) is 13.6 Å². The van der Waals surface area contributed by atoms with Crippen LogP contribution in [0, 0.1) is 0 Å². The summed E-state index contributed by atoms with van der Waals surface area (Å²) in [5.74, 6) is 0. The summed E-state index contributed by atoms with van der Waals surface area (Å²) in [6, 6.07) is 1.53. The molecular weight excluding hydrogens is 246 g/mol. The minimum Gasteiger partial charge on any atom is -0.392 e. The van der Waals surface area contributed by atoms with Crippen LogP contribution in [0.15, 0.2) is 15.7 Å². The number of nitrogens with zero attached hydrogens (tertiary/aromatic N) is 1. The summed E-state index contributed by atoms with van der Waals surface area (Å²) in [5, 5.41) is 10.6. The van der Waals surface area contributed by atoms with E-state index in [4.69, 9.17) is 5.11 Å². The molecule has 0 amide bonds. The van der Waals surface area contributed by atoms with Gasteiger partial charge in [-0.3, -0.25) is 0 Å². The Labute approximate surface area is 101 Å². The van der Waals surface area contributed by atoms with Gasteiger partial charge in [0.05, 0.1) is 6.61 Å². The Morgan fingerprint density at radius 1 is 1.50 bits per heavy atom. The van der Waals surface area contributed by atoms with Gasteiger partial charge in [-0.25, -0.2) is 12.7 Å². The number of aliphatic hydroxyl groups is 1. The fourth-order valence-electron chi connectivity index (χ4n) is 1.23. The van der Waals surface area contributed by atoms with Gasteiger partial charge < -0.3 is 5.11 Å². The lowest BCUT2D eigenvalue weighted by Gasteiger charge is -2.15. The first-order chi connectivity index (χ1) is 7.52. The molecule has 1 rings (SSSR count). The lowest BCUT2D eigenvalue weighted by Crippen LogP contribution is -2.27. The van der Waals surface area contributed by atoms with E-state index in [2.05, 4.69) is 0 Å². The Bertz CT molecular complexity index is 425. The van der Waals surface area contributed by atoms with Gasteiger partial charge in [0.25, 0.3) is 10.0 Å². The van der Waals surface area contributed by atoms with Gasteiger partial charge in [-0.05, 0) is 23.4 Å². The number of hydrogen-bond donors (Lipinski definition) is 1. The van der Waals surface area contributed by atoms with Crippen LogP contribution < -0.4 is 0 Å². The second kappa shape index (κ2) is 5.77. The molecule has 0 aromatic carbocycles. The molecule has 0 fully saturated rings. The van der Waals surface area contributed by atoms with Gasteiger partial charge in [-0.1, -0.05) is 13.3 Å². The highest BCUT2D eigenvalue weighted by atomic mass is 32.2. The largest absolute Gasteiger partial charge is 0.392 e. The van der Waals surface area contributed by atoms with Crippen molar-refractivity contribution in [1.29, 1.82) is 0 Å². The number of unbranched alkanes of at least 4 members (excludes halogenated alkanes) is 1. The van der Waals surface area contributed by atoms with E-state index in [0.717, 1.165) is 24.2 Å². The van der Waals surface area contributed by atoms with Crippen molar-refractivity contribution in [1.82, 2.24) is 4.31 Å². The van der Waals surface area contributed by atoms with Gasteiger partial charge in [-0.15, -0.1) is 11.3 Å². The Hall–Kier alpha value is -0.430. The third kappa shape index (κ3) is 3.04. The van der Waals surface area contributed by atoms with Crippen LogP contribution in [0.25, 0.3) is 0 Å². The van der Waals surface area contributed by atoms with Crippen molar-refractivity contribution in [2.75, 3.05) is 13.6 Å². The Kier molecular flexibility index (Phi) is 4.91. The van der Waals surface area contributed by atoms with Gasteiger partial charge in [0.1, 0.15) is 4.21 Å². The first-order valence-electron chi connectivity index (χ1n) is 5.17. The van der Waals surface area contributed by atoms with Crippen molar-refractivity contribution in [2.45, 2.75) is 30.6 Å². The molecule has 0 radical (unpaired) electrons. The maximum Gasteiger partial charge on any atom is 0.252 e. The van der Waals surface area contributed by atoms with E-state index < -0.39 is 10.0 Å². The van der Waals surface area contributed by atoms with Crippen LogP contribution in [0.2, 0.25) is 0 Å². The number of aliphatic hydroxyl groups excluding tert-OH is 1. The molecule has 1 heterocycles. The molecule has 6 heteroatoms. The third-order valence-corrected chi connectivity index (χ3v) is 5.62. The minimum atomic E-state index is -3.36. The molecular formula is C10H17NO3S2. The summed E-state index contributed by atoms with van der Waals surface area (Å²) in [6.07, 6.45) is 1.82. The summed E-state index contributed by atoms with van der Waals surface area (Å²) >= 11 is 1.15. The predicted molar refractivity (Wildman–Crippen MR) is 65.0 cm³/mol. The second-order valence-electron chi connectivity index (χ2n) is 3.61. The minimum absolute atomic E-state index is 0.120. The van der Waals surface area contributed by atoms with Crippen LogP contribution in [0.5, 0.6) is 0 Å². The van der Waals surface area contributed by atoms with Gasteiger partial charge in [0.15, 0.2) is 0 Å². The van der Waals surface area contributed by atoms with E-state index in [-0.39, 0.29) is 6.61 Å². The molecule has 16 heavy (non-hydrogen) atoms. The number of rotatable bonds is 6. The molecule has 0 bridgehead atoms. The molecule has 0 spiro atoms. The lowest BCUT2D eigenvalue weighted by atomic mass is 10.3. The predicted octanol–water partition coefficient (Wildman–Crippen LogP) is 1.66. The third-order valence-electron chi connectivity index (χ3n) is 2.30. The van der Waals surface area contributed by atoms with E-state index in [0.29, 0.717) is 16.3 Å². The van der Waals surface area contributed by atoms with E-state index in [1.54, 1.807) is 12.4 Å².